The van der Waals surface area contributed by atoms with Gasteiger partial charge in [0.05, 0.1) is 11.6 Å². The Morgan fingerprint density at radius 1 is 1.00 bits per heavy atom. The first-order valence-corrected chi connectivity index (χ1v) is 7.94. The Balaban J connectivity index is 1.85. The Labute approximate surface area is 145 Å². The number of benzene rings is 2. The van der Waals surface area contributed by atoms with E-state index in [-0.39, 0.29) is 11.7 Å². The van der Waals surface area contributed by atoms with Crippen molar-refractivity contribution >= 4 is 17.1 Å². The summed E-state index contributed by atoms with van der Waals surface area (Å²) in [7, 11) is 0. The highest BCUT2D eigenvalue weighted by Gasteiger charge is 2.23. The summed E-state index contributed by atoms with van der Waals surface area (Å²) in [5.41, 5.74) is 2.60. The first-order chi connectivity index (χ1) is 12.0. The Hall–Kier alpha value is -3.39. The van der Waals surface area contributed by atoms with E-state index >= 15 is 0 Å². The topological polar surface area (TPSA) is 82.0 Å². The molecule has 5 heteroatoms. The van der Waals surface area contributed by atoms with Crippen molar-refractivity contribution in [2.45, 2.75) is 19.9 Å². The fourth-order valence-corrected chi connectivity index (χ4v) is 2.70. The van der Waals surface area contributed by atoms with Gasteiger partial charge in [0.2, 0.25) is 0 Å². The van der Waals surface area contributed by atoms with E-state index in [1.54, 1.807) is 18.2 Å². The van der Waals surface area contributed by atoms with E-state index in [0.717, 1.165) is 11.1 Å². The van der Waals surface area contributed by atoms with Gasteiger partial charge in [-0.2, -0.15) is 5.26 Å². The van der Waals surface area contributed by atoms with Gasteiger partial charge >= 0.3 is 0 Å². The quantitative estimate of drug-likeness (QED) is 0.700. The van der Waals surface area contributed by atoms with Crippen LogP contribution in [0.25, 0.3) is 0 Å². The van der Waals surface area contributed by atoms with E-state index in [1.165, 1.54) is 0 Å². The number of nitrogens with one attached hydrogen (secondary N) is 2. The van der Waals surface area contributed by atoms with E-state index in [9.17, 15) is 9.59 Å². The lowest BCUT2D eigenvalue weighted by Crippen LogP contribution is -2.37. The van der Waals surface area contributed by atoms with Crippen molar-refractivity contribution in [2.24, 2.45) is 0 Å². The molecule has 0 saturated heterocycles. The van der Waals surface area contributed by atoms with Gasteiger partial charge in [-0.1, -0.05) is 30.3 Å². The second-order valence-corrected chi connectivity index (χ2v) is 5.95. The number of hydrogen-bond acceptors (Lipinski definition) is 5. The zero-order valence-corrected chi connectivity index (χ0v) is 14.0. The minimum atomic E-state index is -0.536. The molecule has 0 aliphatic rings. The molecule has 0 aliphatic heterocycles. The molecule has 0 saturated carbocycles. The molecule has 0 amide bonds. The van der Waals surface area contributed by atoms with Gasteiger partial charge in [0, 0.05) is 11.7 Å². The van der Waals surface area contributed by atoms with Crippen LogP contribution >= 0.6 is 0 Å². The highest BCUT2D eigenvalue weighted by atomic mass is 16.2. The average Bonchev–Trinajstić information content (AvgIpc) is 2.65. The van der Waals surface area contributed by atoms with Crippen molar-refractivity contribution in [1.82, 2.24) is 0 Å². The summed E-state index contributed by atoms with van der Waals surface area (Å²) in [6, 6.07) is 16.8. The van der Waals surface area contributed by atoms with Gasteiger partial charge in [-0.15, -0.1) is 0 Å². The number of hydrogen-bond donors (Lipinski definition) is 2. The van der Waals surface area contributed by atoms with Crippen LogP contribution in [0.2, 0.25) is 0 Å². The van der Waals surface area contributed by atoms with E-state index in [2.05, 4.69) is 16.7 Å². The van der Waals surface area contributed by atoms with Crippen molar-refractivity contribution in [1.29, 1.82) is 5.26 Å². The van der Waals surface area contributed by atoms with Gasteiger partial charge in [0.1, 0.15) is 11.4 Å². The Kier molecular flexibility index (Phi) is 4.36. The Morgan fingerprint density at radius 3 is 2.32 bits per heavy atom. The number of nitrogens with zero attached hydrogens (tertiary/aromatic N) is 1. The van der Waals surface area contributed by atoms with Crippen LogP contribution in [0.4, 0.5) is 17.1 Å². The van der Waals surface area contributed by atoms with E-state index in [1.807, 2.05) is 44.2 Å². The summed E-state index contributed by atoms with van der Waals surface area (Å²) in [4.78, 5) is 23.9. The fourth-order valence-electron chi connectivity index (χ4n) is 2.70. The molecule has 3 rings (SSSR count). The summed E-state index contributed by atoms with van der Waals surface area (Å²) < 4.78 is 0. The molecular formula is C20H17N3O2. The van der Waals surface area contributed by atoms with Crippen molar-refractivity contribution in [2.75, 3.05) is 10.6 Å². The Bertz CT molecular complexity index is 1030. The molecule has 0 aliphatic carbocycles. The number of anilines is 3. The van der Waals surface area contributed by atoms with Crippen LogP contribution in [-0.4, -0.2) is 0 Å². The van der Waals surface area contributed by atoms with Crippen LogP contribution in [-0.2, 0) is 0 Å². The summed E-state index contributed by atoms with van der Waals surface area (Å²) in [6.45, 7) is 3.78. The molecule has 0 fully saturated rings. The summed E-state index contributed by atoms with van der Waals surface area (Å²) in [6.07, 6.45) is 0. The zero-order chi connectivity index (χ0) is 18.0. The minimum absolute atomic E-state index is 0.105. The van der Waals surface area contributed by atoms with Gasteiger partial charge in [-0.3, -0.25) is 9.59 Å². The lowest BCUT2D eigenvalue weighted by atomic mass is 10.1. The summed E-state index contributed by atoms with van der Waals surface area (Å²) >= 11 is 0. The van der Waals surface area contributed by atoms with Crippen molar-refractivity contribution in [3.8, 4) is 6.07 Å². The van der Waals surface area contributed by atoms with Crippen LogP contribution in [0.15, 0.2) is 58.1 Å². The maximum Gasteiger partial charge on any atom is 0.253 e. The molecule has 0 spiro atoms. The fraction of sp³-hybridized carbons (Fsp3) is 0.150. The minimum Gasteiger partial charge on any atom is -0.373 e. The molecule has 124 valence electrons. The van der Waals surface area contributed by atoms with Crippen molar-refractivity contribution in [3.05, 3.63) is 85.7 Å². The van der Waals surface area contributed by atoms with Gasteiger partial charge in [-0.25, -0.2) is 0 Å². The molecule has 3 aromatic rings. The molecule has 0 heterocycles. The lowest BCUT2D eigenvalue weighted by molar-refractivity contribution is 0.880. The first-order valence-electron chi connectivity index (χ1n) is 7.94. The van der Waals surface area contributed by atoms with Gasteiger partial charge in [-0.05, 0) is 43.2 Å². The normalized spacial score (nSPS) is 11.7. The van der Waals surface area contributed by atoms with Gasteiger partial charge < -0.3 is 10.6 Å². The maximum atomic E-state index is 12.0. The van der Waals surface area contributed by atoms with E-state index in [4.69, 9.17) is 5.26 Å². The SMILES string of the molecule is Cc1cc(C#N)ccc1Nc1c(NC(C)c2ccccc2)c(=O)c1=O. The first kappa shape index (κ1) is 16.5. The number of rotatable bonds is 5. The van der Waals surface area contributed by atoms with Crippen LogP contribution in [0.3, 0.4) is 0 Å². The smallest absolute Gasteiger partial charge is 0.253 e. The molecular weight excluding hydrogens is 314 g/mol. The summed E-state index contributed by atoms with van der Waals surface area (Å²) in [5, 5.41) is 15.1. The van der Waals surface area contributed by atoms with Crippen LogP contribution in [0.1, 0.15) is 29.7 Å². The van der Waals surface area contributed by atoms with Crippen LogP contribution < -0.4 is 21.5 Å². The third-order valence-corrected chi connectivity index (χ3v) is 4.19. The van der Waals surface area contributed by atoms with Gasteiger partial charge in [0.15, 0.2) is 0 Å². The monoisotopic (exact) mass is 331 g/mol. The highest BCUT2D eigenvalue weighted by molar-refractivity contribution is 5.80. The largest absolute Gasteiger partial charge is 0.373 e. The molecule has 0 radical (unpaired) electrons. The van der Waals surface area contributed by atoms with Crippen LogP contribution in [0, 0.1) is 18.3 Å². The third-order valence-electron chi connectivity index (χ3n) is 4.19. The van der Waals surface area contributed by atoms with Gasteiger partial charge in [0.25, 0.3) is 10.9 Å². The molecule has 25 heavy (non-hydrogen) atoms. The van der Waals surface area contributed by atoms with E-state index in [0.29, 0.717) is 16.9 Å². The second kappa shape index (κ2) is 6.62. The molecule has 3 aromatic carbocycles. The van der Waals surface area contributed by atoms with E-state index < -0.39 is 10.9 Å². The second-order valence-electron chi connectivity index (χ2n) is 5.95. The standard InChI is InChI=1S/C20H17N3O2/c1-12-10-14(11-21)8-9-16(12)23-18-17(19(24)20(18)25)22-13(2)15-6-4-3-5-7-15/h3-10,13,22-23H,1-2H3. The lowest BCUT2D eigenvalue weighted by Gasteiger charge is -2.20. The predicted octanol–water partition coefficient (Wildman–Crippen LogP) is 3.38. The molecule has 0 aromatic heterocycles. The number of nitriles is 1. The third kappa shape index (κ3) is 3.15. The molecule has 0 bridgehead atoms. The highest BCUT2D eigenvalue weighted by Crippen LogP contribution is 2.27. The summed E-state index contributed by atoms with van der Waals surface area (Å²) in [5.74, 6) is 0. The predicted molar refractivity (Wildman–Crippen MR) is 99.0 cm³/mol. The molecule has 1 unspecified atom stereocenters. The van der Waals surface area contributed by atoms with Crippen molar-refractivity contribution < 1.29 is 0 Å². The zero-order valence-electron chi connectivity index (χ0n) is 14.0. The van der Waals surface area contributed by atoms with Crippen molar-refractivity contribution in [3.63, 3.8) is 0 Å². The number of aryl methyl sites for hydroxylation is 1. The van der Waals surface area contributed by atoms with Crippen LogP contribution in [0.5, 0.6) is 0 Å². The molecule has 5 nitrogen and oxygen atoms in total. The average molecular weight is 331 g/mol. The maximum absolute atomic E-state index is 12.0. The molecule has 1 atom stereocenters. The molecule has 2 N–H and O–H groups in total. The Morgan fingerprint density at radius 2 is 1.68 bits per heavy atom.